The maximum atomic E-state index is 12.3. The van der Waals surface area contributed by atoms with Crippen LogP contribution in [0.5, 0.6) is 11.6 Å². The number of fused-ring (bicyclic) bond motifs is 1. The maximum Gasteiger partial charge on any atom is 0.262 e. The van der Waals surface area contributed by atoms with Crippen molar-refractivity contribution in [3.05, 3.63) is 70.9 Å². The Morgan fingerprint density at radius 1 is 1.13 bits per heavy atom. The Hall–Kier alpha value is -3.58. The van der Waals surface area contributed by atoms with E-state index < -0.39 is 0 Å². The molecule has 0 saturated carbocycles. The van der Waals surface area contributed by atoms with Gasteiger partial charge in [-0.1, -0.05) is 29.8 Å². The van der Waals surface area contributed by atoms with Gasteiger partial charge in [-0.3, -0.25) is 4.79 Å². The molecule has 0 aliphatic heterocycles. The van der Waals surface area contributed by atoms with Gasteiger partial charge in [0, 0.05) is 17.1 Å². The smallest absolute Gasteiger partial charge is 0.262 e. The van der Waals surface area contributed by atoms with Gasteiger partial charge in [0.05, 0.1) is 23.5 Å². The highest BCUT2D eigenvalue weighted by Gasteiger charge is 2.15. The summed E-state index contributed by atoms with van der Waals surface area (Å²) in [5, 5.41) is 8.76. The van der Waals surface area contributed by atoms with Crippen LogP contribution < -0.4 is 14.8 Å². The maximum absolute atomic E-state index is 12.3. The SMILES string of the molecule is COc1ccc(NC(=O)COc2cc(C)c3c(C)nn(-c4ccccc4)c3n2)cc1Cl. The van der Waals surface area contributed by atoms with Gasteiger partial charge < -0.3 is 14.8 Å². The van der Waals surface area contributed by atoms with Crippen molar-refractivity contribution < 1.29 is 14.3 Å². The van der Waals surface area contributed by atoms with Gasteiger partial charge in [0.1, 0.15) is 5.75 Å². The monoisotopic (exact) mass is 436 g/mol. The fraction of sp³-hybridized carbons (Fsp3) is 0.174. The second kappa shape index (κ2) is 8.65. The van der Waals surface area contributed by atoms with Crippen LogP contribution in [0.25, 0.3) is 16.7 Å². The molecular weight excluding hydrogens is 416 g/mol. The zero-order valence-corrected chi connectivity index (χ0v) is 18.1. The molecule has 7 nitrogen and oxygen atoms in total. The van der Waals surface area contributed by atoms with Crippen molar-refractivity contribution in [3.63, 3.8) is 0 Å². The van der Waals surface area contributed by atoms with E-state index in [-0.39, 0.29) is 12.5 Å². The van der Waals surface area contributed by atoms with Crippen molar-refractivity contribution in [1.29, 1.82) is 0 Å². The number of hydrogen-bond donors (Lipinski definition) is 1. The van der Waals surface area contributed by atoms with Crippen molar-refractivity contribution in [2.24, 2.45) is 0 Å². The molecule has 0 spiro atoms. The molecule has 4 aromatic rings. The summed E-state index contributed by atoms with van der Waals surface area (Å²) >= 11 is 6.10. The first-order valence-corrected chi connectivity index (χ1v) is 10.0. The summed E-state index contributed by atoms with van der Waals surface area (Å²) in [5.41, 5.74) is 3.99. The molecule has 0 unspecified atom stereocenters. The number of methoxy groups -OCH3 is 1. The molecule has 158 valence electrons. The molecule has 0 aliphatic carbocycles. The molecule has 0 radical (unpaired) electrons. The van der Waals surface area contributed by atoms with Crippen molar-refractivity contribution in [2.45, 2.75) is 13.8 Å². The lowest BCUT2D eigenvalue weighted by molar-refractivity contribution is -0.118. The summed E-state index contributed by atoms with van der Waals surface area (Å²) in [6, 6.07) is 16.6. The number of nitrogens with zero attached hydrogens (tertiary/aromatic N) is 3. The lowest BCUT2D eigenvalue weighted by atomic mass is 10.2. The Bertz CT molecular complexity index is 1250. The number of benzene rings is 2. The van der Waals surface area contributed by atoms with E-state index in [9.17, 15) is 4.79 Å². The van der Waals surface area contributed by atoms with E-state index in [1.54, 1.807) is 22.9 Å². The van der Waals surface area contributed by atoms with Crippen LogP contribution in [0.15, 0.2) is 54.6 Å². The summed E-state index contributed by atoms with van der Waals surface area (Å²) in [6.45, 7) is 3.73. The number of hydrogen-bond acceptors (Lipinski definition) is 5. The van der Waals surface area contributed by atoms with Crippen LogP contribution in [0.1, 0.15) is 11.3 Å². The number of anilines is 1. The minimum Gasteiger partial charge on any atom is -0.495 e. The number of pyridine rings is 1. The molecule has 0 bridgehead atoms. The Labute approximate surface area is 184 Å². The van der Waals surface area contributed by atoms with E-state index in [1.807, 2.05) is 50.2 Å². The van der Waals surface area contributed by atoms with Crippen LogP contribution in [0.3, 0.4) is 0 Å². The molecule has 0 aliphatic rings. The number of carbonyl (C=O) groups is 1. The Kier molecular flexibility index (Phi) is 5.77. The molecule has 0 atom stereocenters. The van der Waals surface area contributed by atoms with Crippen LogP contribution in [0, 0.1) is 13.8 Å². The summed E-state index contributed by atoms with van der Waals surface area (Å²) < 4.78 is 12.6. The standard InChI is InChI=1S/C23H21ClN4O3/c1-14-11-21(31-13-20(29)25-16-9-10-19(30-3)18(24)12-16)26-23-22(14)15(2)27-28(23)17-7-5-4-6-8-17/h4-12H,13H2,1-3H3,(H,25,29). The normalized spacial score (nSPS) is 10.8. The third kappa shape index (κ3) is 4.32. The fourth-order valence-electron chi connectivity index (χ4n) is 3.38. The van der Waals surface area contributed by atoms with Crippen molar-refractivity contribution in [3.8, 4) is 17.3 Å². The second-order valence-electron chi connectivity index (χ2n) is 6.99. The number of amides is 1. The van der Waals surface area contributed by atoms with Gasteiger partial charge in [0.25, 0.3) is 5.91 Å². The summed E-state index contributed by atoms with van der Waals surface area (Å²) in [5.74, 6) is 0.563. The third-order valence-corrected chi connectivity index (χ3v) is 5.07. The highest BCUT2D eigenvalue weighted by molar-refractivity contribution is 6.32. The number of halogens is 1. The molecule has 2 aromatic carbocycles. The number of ether oxygens (including phenoxy) is 2. The molecule has 1 N–H and O–H groups in total. The quantitative estimate of drug-likeness (QED) is 0.473. The minimum absolute atomic E-state index is 0.194. The third-order valence-electron chi connectivity index (χ3n) is 4.77. The van der Waals surface area contributed by atoms with Gasteiger partial charge in [-0.15, -0.1) is 0 Å². The van der Waals surface area contributed by atoms with Gasteiger partial charge in [-0.05, 0) is 49.7 Å². The predicted octanol–water partition coefficient (Wildman–Crippen LogP) is 4.72. The summed E-state index contributed by atoms with van der Waals surface area (Å²) in [7, 11) is 1.53. The Morgan fingerprint density at radius 3 is 2.61 bits per heavy atom. The fourth-order valence-corrected chi connectivity index (χ4v) is 3.64. The zero-order valence-electron chi connectivity index (χ0n) is 17.3. The van der Waals surface area contributed by atoms with Gasteiger partial charge in [0.15, 0.2) is 12.3 Å². The number of aryl methyl sites for hydroxylation is 2. The number of aromatic nitrogens is 3. The van der Waals surface area contributed by atoms with Gasteiger partial charge in [-0.25, -0.2) is 4.68 Å². The largest absolute Gasteiger partial charge is 0.495 e. The highest BCUT2D eigenvalue weighted by Crippen LogP contribution is 2.28. The molecular formula is C23H21ClN4O3. The van der Waals surface area contributed by atoms with Gasteiger partial charge >= 0.3 is 0 Å². The molecule has 0 fully saturated rings. The van der Waals surface area contributed by atoms with E-state index in [2.05, 4.69) is 15.4 Å². The van der Waals surface area contributed by atoms with Crippen LogP contribution in [0.2, 0.25) is 5.02 Å². The number of carbonyl (C=O) groups excluding carboxylic acids is 1. The van der Waals surface area contributed by atoms with E-state index in [1.165, 1.54) is 7.11 Å². The predicted molar refractivity (Wildman–Crippen MR) is 120 cm³/mol. The first-order valence-electron chi connectivity index (χ1n) is 9.65. The first kappa shape index (κ1) is 20.7. The van der Waals surface area contributed by atoms with Crippen molar-refractivity contribution in [1.82, 2.24) is 14.8 Å². The Balaban J connectivity index is 1.53. The van der Waals surface area contributed by atoms with Crippen molar-refractivity contribution in [2.75, 3.05) is 19.0 Å². The lowest BCUT2D eigenvalue weighted by Crippen LogP contribution is -2.20. The van der Waals surface area contributed by atoms with Gasteiger partial charge in [0.2, 0.25) is 5.88 Å². The number of para-hydroxylation sites is 1. The topological polar surface area (TPSA) is 78.3 Å². The van der Waals surface area contributed by atoms with Crippen LogP contribution in [0.4, 0.5) is 5.69 Å². The molecule has 0 saturated heterocycles. The summed E-state index contributed by atoms with van der Waals surface area (Å²) in [4.78, 5) is 16.9. The first-order chi connectivity index (χ1) is 15.0. The Morgan fingerprint density at radius 2 is 1.90 bits per heavy atom. The average molecular weight is 437 g/mol. The van der Waals surface area contributed by atoms with Crippen LogP contribution >= 0.6 is 11.6 Å². The van der Waals surface area contributed by atoms with E-state index >= 15 is 0 Å². The average Bonchev–Trinajstić information content (AvgIpc) is 3.10. The summed E-state index contributed by atoms with van der Waals surface area (Å²) in [6.07, 6.45) is 0. The zero-order chi connectivity index (χ0) is 22.0. The molecule has 1 amide bonds. The molecule has 31 heavy (non-hydrogen) atoms. The molecule has 2 aromatic heterocycles. The molecule has 4 rings (SSSR count). The van der Waals surface area contributed by atoms with E-state index in [0.717, 1.165) is 22.3 Å². The van der Waals surface area contributed by atoms with Crippen molar-refractivity contribution >= 4 is 34.2 Å². The highest BCUT2D eigenvalue weighted by atomic mass is 35.5. The van der Waals surface area contributed by atoms with Crippen LogP contribution in [-0.2, 0) is 4.79 Å². The number of nitrogens with one attached hydrogen (secondary N) is 1. The van der Waals surface area contributed by atoms with E-state index in [4.69, 9.17) is 21.1 Å². The van der Waals surface area contributed by atoms with Crippen LogP contribution in [-0.4, -0.2) is 34.4 Å². The lowest BCUT2D eigenvalue weighted by Gasteiger charge is -2.10. The van der Waals surface area contributed by atoms with Gasteiger partial charge in [-0.2, -0.15) is 10.1 Å². The van der Waals surface area contributed by atoms with E-state index in [0.29, 0.717) is 28.0 Å². The number of rotatable bonds is 6. The second-order valence-corrected chi connectivity index (χ2v) is 7.40. The molecule has 8 heteroatoms. The minimum atomic E-state index is -0.325. The molecule has 2 heterocycles.